The van der Waals surface area contributed by atoms with Crippen LogP contribution in [-0.2, 0) is 6.42 Å². The van der Waals surface area contributed by atoms with Crippen molar-refractivity contribution in [2.24, 2.45) is 5.92 Å². The van der Waals surface area contributed by atoms with E-state index in [1.807, 2.05) is 18.7 Å². The molecule has 5 nitrogen and oxygen atoms in total. The Kier molecular flexibility index (Phi) is 5.17. The van der Waals surface area contributed by atoms with Gasteiger partial charge in [-0.2, -0.15) is 0 Å². The summed E-state index contributed by atoms with van der Waals surface area (Å²) in [7, 11) is 0. The average Bonchev–Trinajstić information content (AvgIpc) is 2.86. The molecule has 0 spiro atoms. The monoisotopic (exact) mass is 279 g/mol. The number of aryl methyl sites for hydroxylation is 2. The lowest BCUT2D eigenvalue weighted by molar-refractivity contribution is 0.0687. The van der Waals surface area contributed by atoms with E-state index < -0.39 is 0 Å². The van der Waals surface area contributed by atoms with Crippen LogP contribution in [0.1, 0.15) is 48.5 Å². The van der Waals surface area contributed by atoms with Crippen LogP contribution in [0.15, 0.2) is 4.52 Å². The Morgan fingerprint density at radius 1 is 1.40 bits per heavy atom. The fraction of sp³-hybridized carbons (Fsp3) is 0.733. The van der Waals surface area contributed by atoms with Gasteiger partial charge in [-0.25, -0.2) is 0 Å². The van der Waals surface area contributed by atoms with Crippen LogP contribution in [0.2, 0.25) is 0 Å². The van der Waals surface area contributed by atoms with E-state index in [0.29, 0.717) is 29.4 Å². The molecule has 1 amide bonds. The van der Waals surface area contributed by atoms with Gasteiger partial charge in [0.05, 0.1) is 5.69 Å². The quantitative estimate of drug-likeness (QED) is 0.895. The standard InChI is InChI=1S/C15H25N3O2/c1-4-13-14(11(3)17-20-13)15(19)18-8-6-12(7-9-18)10-16-5-2/h12,16H,4-10H2,1-3H3. The molecular weight excluding hydrogens is 254 g/mol. The maximum absolute atomic E-state index is 12.6. The average molecular weight is 279 g/mol. The number of hydrogen-bond acceptors (Lipinski definition) is 4. The Morgan fingerprint density at radius 3 is 2.70 bits per heavy atom. The zero-order valence-electron chi connectivity index (χ0n) is 12.7. The van der Waals surface area contributed by atoms with Crippen molar-refractivity contribution >= 4 is 5.91 Å². The number of nitrogens with one attached hydrogen (secondary N) is 1. The maximum atomic E-state index is 12.6. The first-order chi connectivity index (χ1) is 9.67. The Labute approximate surface area is 120 Å². The molecule has 1 saturated heterocycles. The molecule has 1 aliphatic rings. The molecule has 20 heavy (non-hydrogen) atoms. The molecule has 1 N–H and O–H groups in total. The van der Waals surface area contributed by atoms with Gasteiger partial charge in [0.15, 0.2) is 0 Å². The summed E-state index contributed by atoms with van der Waals surface area (Å²) in [5, 5.41) is 7.31. The van der Waals surface area contributed by atoms with E-state index in [0.717, 1.165) is 39.0 Å². The van der Waals surface area contributed by atoms with Crippen LogP contribution in [0.4, 0.5) is 0 Å². The predicted molar refractivity (Wildman–Crippen MR) is 77.8 cm³/mol. The second-order valence-corrected chi connectivity index (χ2v) is 5.46. The van der Waals surface area contributed by atoms with Crippen LogP contribution in [0.3, 0.4) is 0 Å². The first kappa shape index (κ1) is 15.0. The van der Waals surface area contributed by atoms with Crippen molar-refractivity contribution in [3.63, 3.8) is 0 Å². The number of carbonyl (C=O) groups excluding carboxylic acids is 1. The number of amides is 1. The van der Waals surface area contributed by atoms with Gasteiger partial charge < -0.3 is 14.7 Å². The van der Waals surface area contributed by atoms with E-state index in [4.69, 9.17) is 4.52 Å². The third-order valence-corrected chi connectivity index (χ3v) is 4.05. The Morgan fingerprint density at radius 2 is 2.10 bits per heavy atom. The molecule has 0 aromatic carbocycles. The predicted octanol–water partition coefficient (Wildman–Crippen LogP) is 2.01. The summed E-state index contributed by atoms with van der Waals surface area (Å²) in [4.78, 5) is 14.5. The van der Waals surface area contributed by atoms with Crippen molar-refractivity contribution in [1.82, 2.24) is 15.4 Å². The smallest absolute Gasteiger partial charge is 0.259 e. The zero-order valence-corrected chi connectivity index (χ0v) is 12.7. The van der Waals surface area contributed by atoms with Gasteiger partial charge in [-0.3, -0.25) is 4.79 Å². The first-order valence-corrected chi connectivity index (χ1v) is 7.62. The molecule has 0 unspecified atom stereocenters. The lowest BCUT2D eigenvalue weighted by atomic mass is 9.96. The highest BCUT2D eigenvalue weighted by atomic mass is 16.5. The Balaban J connectivity index is 1.96. The van der Waals surface area contributed by atoms with Crippen LogP contribution < -0.4 is 5.32 Å². The fourth-order valence-corrected chi connectivity index (χ4v) is 2.78. The molecule has 1 aliphatic heterocycles. The number of aromatic nitrogens is 1. The summed E-state index contributed by atoms with van der Waals surface area (Å²) >= 11 is 0. The Bertz CT molecular complexity index is 448. The van der Waals surface area contributed by atoms with Gasteiger partial charge in [-0.1, -0.05) is 19.0 Å². The van der Waals surface area contributed by atoms with Crippen LogP contribution >= 0.6 is 0 Å². The van der Waals surface area contributed by atoms with Gasteiger partial charge in [-0.15, -0.1) is 0 Å². The van der Waals surface area contributed by atoms with Gasteiger partial charge in [0, 0.05) is 19.5 Å². The number of likely N-dealkylation sites (tertiary alicyclic amines) is 1. The zero-order chi connectivity index (χ0) is 14.5. The molecule has 1 aromatic rings. The largest absolute Gasteiger partial charge is 0.360 e. The lowest BCUT2D eigenvalue weighted by Gasteiger charge is -2.32. The number of nitrogens with zero attached hydrogens (tertiary/aromatic N) is 2. The van der Waals surface area contributed by atoms with E-state index in [9.17, 15) is 4.79 Å². The number of rotatable bonds is 5. The van der Waals surface area contributed by atoms with Crippen LogP contribution in [0.5, 0.6) is 0 Å². The van der Waals surface area contributed by atoms with Gasteiger partial charge in [-0.05, 0) is 38.8 Å². The second kappa shape index (κ2) is 6.88. The Hall–Kier alpha value is -1.36. The van der Waals surface area contributed by atoms with Crippen molar-refractivity contribution in [3.8, 4) is 0 Å². The summed E-state index contributed by atoms with van der Waals surface area (Å²) < 4.78 is 5.22. The van der Waals surface area contributed by atoms with Crippen molar-refractivity contribution in [2.75, 3.05) is 26.2 Å². The van der Waals surface area contributed by atoms with Gasteiger partial charge in [0.1, 0.15) is 11.3 Å². The molecule has 0 atom stereocenters. The minimum atomic E-state index is 0.0856. The van der Waals surface area contributed by atoms with Crippen LogP contribution in [0, 0.1) is 12.8 Å². The molecule has 0 saturated carbocycles. The second-order valence-electron chi connectivity index (χ2n) is 5.46. The highest BCUT2D eigenvalue weighted by Gasteiger charge is 2.27. The third-order valence-electron chi connectivity index (χ3n) is 4.05. The maximum Gasteiger partial charge on any atom is 0.259 e. The molecule has 2 heterocycles. The minimum absolute atomic E-state index is 0.0856. The fourth-order valence-electron chi connectivity index (χ4n) is 2.78. The molecule has 0 aliphatic carbocycles. The van der Waals surface area contributed by atoms with E-state index in [1.54, 1.807) is 0 Å². The van der Waals surface area contributed by atoms with Crippen molar-refractivity contribution in [2.45, 2.75) is 40.0 Å². The van der Waals surface area contributed by atoms with E-state index in [-0.39, 0.29) is 5.91 Å². The van der Waals surface area contributed by atoms with Crippen molar-refractivity contribution < 1.29 is 9.32 Å². The first-order valence-electron chi connectivity index (χ1n) is 7.62. The summed E-state index contributed by atoms with van der Waals surface area (Å²) in [6, 6.07) is 0. The van der Waals surface area contributed by atoms with Gasteiger partial charge in [0.2, 0.25) is 0 Å². The molecule has 0 bridgehead atoms. The van der Waals surface area contributed by atoms with Crippen molar-refractivity contribution in [1.29, 1.82) is 0 Å². The van der Waals surface area contributed by atoms with Gasteiger partial charge in [0.25, 0.3) is 5.91 Å². The SMILES string of the molecule is CCNCC1CCN(C(=O)c2c(C)noc2CC)CC1. The topological polar surface area (TPSA) is 58.4 Å². The third kappa shape index (κ3) is 3.20. The number of carbonyl (C=O) groups is 1. The molecule has 0 radical (unpaired) electrons. The van der Waals surface area contributed by atoms with E-state index in [1.165, 1.54) is 0 Å². The highest BCUT2D eigenvalue weighted by molar-refractivity contribution is 5.96. The van der Waals surface area contributed by atoms with Crippen LogP contribution in [-0.4, -0.2) is 42.1 Å². The molecule has 1 fully saturated rings. The summed E-state index contributed by atoms with van der Waals surface area (Å²) in [6.45, 7) is 9.70. The minimum Gasteiger partial charge on any atom is -0.360 e. The lowest BCUT2D eigenvalue weighted by Crippen LogP contribution is -2.41. The van der Waals surface area contributed by atoms with E-state index in [2.05, 4.69) is 17.4 Å². The van der Waals surface area contributed by atoms with Crippen molar-refractivity contribution in [3.05, 3.63) is 17.0 Å². The summed E-state index contributed by atoms with van der Waals surface area (Å²) in [5.41, 5.74) is 1.39. The van der Waals surface area contributed by atoms with Crippen LogP contribution in [0.25, 0.3) is 0 Å². The molecular formula is C15H25N3O2. The number of hydrogen-bond donors (Lipinski definition) is 1. The highest BCUT2D eigenvalue weighted by Crippen LogP contribution is 2.22. The number of piperidine rings is 1. The molecule has 112 valence electrons. The van der Waals surface area contributed by atoms with Gasteiger partial charge >= 0.3 is 0 Å². The normalized spacial score (nSPS) is 16.6. The molecule has 1 aromatic heterocycles. The molecule has 5 heteroatoms. The summed E-state index contributed by atoms with van der Waals surface area (Å²) in [5.74, 6) is 1.48. The molecule has 2 rings (SSSR count). The summed E-state index contributed by atoms with van der Waals surface area (Å²) in [6.07, 6.45) is 2.86. The van der Waals surface area contributed by atoms with E-state index >= 15 is 0 Å².